The third-order valence-corrected chi connectivity index (χ3v) is 2.84. The summed E-state index contributed by atoms with van der Waals surface area (Å²) >= 11 is 0. The molecule has 19 heavy (non-hydrogen) atoms. The molecular formula is C12H13N3O4. The lowest BCUT2D eigenvalue weighted by Crippen LogP contribution is -2.30. The summed E-state index contributed by atoms with van der Waals surface area (Å²) in [5.74, 6) is -1.24. The summed E-state index contributed by atoms with van der Waals surface area (Å²) in [6.45, 7) is 1.70. The monoisotopic (exact) mass is 263 g/mol. The molecule has 100 valence electrons. The van der Waals surface area contributed by atoms with Gasteiger partial charge in [0.05, 0.1) is 23.0 Å². The molecule has 0 amide bonds. The summed E-state index contributed by atoms with van der Waals surface area (Å²) in [6.07, 6.45) is 0.140. The first-order chi connectivity index (χ1) is 8.90. The number of aromatic carboxylic acids is 1. The Labute approximate surface area is 109 Å². The second-order valence-electron chi connectivity index (χ2n) is 4.06. The van der Waals surface area contributed by atoms with E-state index < -0.39 is 10.9 Å². The van der Waals surface area contributed by atoms with E-state index in [9.17, 15) is 14.9 Å². The SMILES string of the molecule is CC(CC#N)N(C)c1c(C(=O)O)cccc1[N+](=O)[O-]. The number of nitro groups is 1. The molecule has 1 N–H and O–H groups in total. The summed E-state index contributed by atoms with van der Waals surface area (Å²) in [5, 5.41) is 28.8. The highest BCUT2D eigenvalue weighted by Gasteiger charge is 2.26. The molecule has 0 aliphatic rings. The Morgan fingerprint density at radius 3 is 2.74 bits per heavy atom. The van der Waals surface area contributed by atoms with Crippen molar-refractivity contribution in [3.63, 3.8) is 0 Å². The average Bonchev–Trinajstić information content (AvgIpc) is 2.36. The number of nitrogens with zero attached hydrogens (tertiary/aromatic N) is 3. The minimum atomic E-state index is -1.24. The largest absolute Gasteiger partial charge is 0.478 e. The normalized spacial score (nSPS) is 11.4. The van der Waals surface area contributed by atoms with Crippen LogP contribution < -0.4 is 4.90 Å². The van der Waals surface area contributed by atoms with Crippen LogP contribution in [0.2, 0.25) is 0 Å². The van der Waals surface area contributed by atoms with Crippen molar-refractivity contribution in [1.29, 1.82) is 5.26 Å². The molecule has 0 spiro atoms. The quantitative estimate of drug-likeness (QED) is 0.643. The Hall–Kier alpha value is -2.62. The lowest BCUT2D eigenvalue weighted by molar-refractivity contribution is -0.384. The molecule has 0 bridgehead atoms. The van der Waals surface area contributed by atoms with E-state index in [1.54, 1.807) is 6.92 Å². The second-order valence-corrected chi connectivity index (χ2v) is 4.06. The van der Waals surface area contributed by atoms with Gasteiger partial charge in [-0.15, -0.1) is 0 Å². The van der Waals surface area contributed by atoms with Gasteiger partial charge in [-0.25, -0.2) is 4.79 Å². The van der Waals surface area contributed by atoms with Crippen LogP contribution in [0.15, 0.2) is 18.2 Å². The third kappa shape index (κ3) is 2.98. The summed E-state index contributed by atoms with van der Waals surface area (Å²) in [6, 6.07) is 5.51. The van der Waals surface area contributed by atoms with Gasteiger partial charge >= 0.3 is 5.97 Å². The minimum absolute atomic E-state index is 0.0164. The number of carboxylic acid groups (broad SMARTS) is 1. The molecule has 1 aromatic carbocycles. The van der Waals surface area contributed by atoms with Crippen LogP contribution in [0.4, 0.5) is 11.4 Å². The van der Waals surface area contributed by atoms with E-state index in [0.717, 1.165) is 0 Å². The summed E-state index contributed by atoms with van der Waals surface area (Å²) < 4.78 is 0. The first kappa shape index (κ1) is 14.4. The van der Waals surface area contributed by atoms with Crippen LogP contribution in [0.1, 0.15) is 23.7 Å². The van der Waals surface area contributed by atoms with Crippen molar-refractivity contribution in [1.82, 2.24) is 0 Å². The molecule has 0 fully saturated rings. The average molecular weight is 263 g/mol. The first-order valence-electron chi connectivity index (χ1n) is 5.50. The summed E-state index contributed by atoms with van der Waals surface area (Å²) in [4.78, 5) is 23.0. The number of anilines is 1. The topological polar surface area (TPSA) is 107 Å². The number of carboxylic acids is 1. The molecule has 7 nitrogen and oxygen atoms in total. The molecule has 0 saturated heterocycles. The lowest BCUT2D eigenvalue weighted by Gasteiger charge is -2.26. The molecule has 0 aromatic heterocycles. The van der Waals surface area contributed by atoms with E-state index in [1.165, 1.54) is 30.1 Å². The van der Waals surface area contributed by atoms with Crippen LogP contribution in [0.5, 0.6) is 0 Å². The standard InChI is InChI=1S/C12H13N3O4/c1-8(6-7-13)14(2)11-9(12(16)17)4-3-5-10(11)15(18)19/h3-5,8H,6H2,1-2H3,(H,16,17). The number of carbonyl (C=O) groups is 1. The van der Waals surface area contributed by atoms with Crippen LogP contribution >= 0.6 is 0 Å². The number of benzene rings is 1. The molecule has 7 heteroatoms. The van der Waals surface area contributed by atoms with Crippen molar-refractivity contribution in [2.45, 2.75) is 19.4 Å². The molecule has 0 radical (unpaired) electrons. The Morgan fingerprint density at radius 2 is 2.26 bits per heavy atom. The molecular weight excluding hydrogens is 250 g/mol. The smallest absolute Gasteiger partial charge is 0.338 e. The number of nitriles is 1. The number of hydrogen-bond acceptors (Lipinski definition) is 5. The van der Waals surface area contributed by atoms with Crippen molar-refractivity contribution in [3.8, 4) is 6.07 Å². The van der Waals surface area contributed by atoms with Gasteiger partial charge in [-0.3, -0.25) is 10.1 Å². The van der Waals surface area contributed by atoms with Crippen LogP contribution in [0, 0.1) is 21.4 Å². The fraction of sp³-hybridized carbons (Fsp3) is 0.333. The fourth-order valence-electron chi connectivity index (χ4n) is 1.71. The van der Waals surface area contributed by atoms with Crippen LogP contribution in [0.3, 0.4) is 0 Å². The number of para-hydroxylation sites is 1. The van der Waals surface area contributed by atoms with E-state index in [-0.39, 0.29) is 29.4 Å². The van der Waals surface area contributed by atoms with Crippen molar-refractivity contribution >= 4 is 17.3 Å². The van der Waals surface area contributed by atoms with E-state index in [0.29, 0.717) is 0 Å². The van der Waals surface area contributed by atoms with E-state index in [1.807, 2.05) is 6.07 Å². The molecule has 0 aliphatic carbocycles. The summed E-state index contributed by atoms with van der Waals surface area (Å²) in [7, 11) is 1.54. The van der Waals surface area contributed by atoms with Crippen LogP contribution in [-0.4, -0.2) is 29.1 Å². The Kier molecular flexibility index (Phi) is 4.42. The van der Waals surface area contributed by atoms with Crippen LogP contribution in [0.25, 0.3) is 0 Å². The molecule has 0 aliphatic heterocycles. The van der Waals surface area contributed by atoms with Gasteiger partial charge in [0.1, 0.15) is 5.69 Å². The zero-order valence-electron chi connectivity index (χ0n) is 10.5. The molecule has 1 rings (SSSR count). The van der Waals surface area contributed by atoms with Crippen molar-refractivity contribution in [3.05, 3.63) is 33.9 Å². The highest BCUT2D eigenvalue weighted by atomic mass is 16.6. The lowest BCUT2D eigenvalue weighted by atomic mass is 10.1. The van der Waals surface area contributed by atoms with Crippen molar-refractivity contribution in [2.75, 3.05) is 11.9 Å². The predicted octanol–water partition coefficient (Wildman–Crippen LogP) is 2.03. The van der Waals surface area contributed by atoms with Gasteiger partial charge in [0.15, 0.2) is 0 Å². The Bertz CT molecular complexity index is 518. The maximum Gasteiger partial charge on any atom is 0.338 e. The van der Waals surface area contributed by atoms with Gasteiger partial charge in [-0.05, 0) is 13.0 Å². The summed E-state index contributed by atoms with van der Waals surface area (Å²) in [5.41, 5.74) is -0.420. The number of hydrogen-bond donors (Lipinski definition) is 1. The van der Waals surface area contributed by atoms with E-state index >= 15 is 0 Å². The molecule has 1 unspecified atom stereocenters. The van der Waals surface area contributed by atoms with Gasteiger partial charge in [-0.1, -0.05) is 6.07 Å². The van der Waals surface area contributed by atoms with Crippen molar-refractivity contribution < 1.29 is 14.8 Å². The van der Waals surface area contributed by atoms with Crippen LogP contribution in [-0.2, 0) is 0 Å². The second kappa shape index (κ2) is 5.82. The Morgan fingerprint density at radius 1 is 1.63 bits per heavy atom. The Balaban J connectivity index is 3.41. The van der Waals surface area contributed by atoms with Gasteiger partial charge in [-0.2, -0.15) is 5.26 Å². The highest BCUT2D eigenvalue weighted by molar-refractivity contribution is 5.97. The first-order valence-corrected chi connectivity index (χ1v) is 5.50. The maximum atomic E-state index is 11.2. The minimum Gasteiger partial charge on any atom is -0.478 e. The zero-order chi connectivity index (χ0) is 14.6. The third-order valence-electron chi connectivity index (χ3n) is 2.84. The number of nitro benzene ring substituents is 1. The molecule has 0 saturated carbocycles. The number of rotatable bonds is 5. The molecule has 0 heterocycles. The van der Waals surface area contributed by atoms with Gasteiger partial charge < -0.3 is 10.0 Å². The fourth-order valence-corrected chi connectivity index (χ4v) is 1.71. The molecule has 1 aromatic rings. The predicted molar refractivity (Wildman–Crippen MR) is 68.2 cm³/mol. The van der Waals surface area contributed by atoms with Gasteiger partial charge in [0.2, 0.25) is 0 Å². The van der Waals surface area contributed by atoms with Gasteiger partial charge in [0, 0.05) is 19.2 Å². The van der Waals surface area contributed by atoms with E-state index in [2.05, 4.69) is 0 Å². The van der Waals surface area contributed by atoms with Gasteiger partial charge in [0.25, 0.3) is 5.69 Å². The zero-order valence-corrected chi connectivity index (χ0v) is 10.5. The molecule has 1 atom stereocenters. The van der Waals surface area contributed by atoms with E-state index in [4.69, 9.17) is 10.4 Å². The highest BCUT2D eigenvalue weighted by Crippen LogP contribution is 2.32. The maximum absolute atomic E-state index is 11.2. The van der Waals surface area contributed by atoms with Crippen molar-refractivity contribution in [2.24, 2.45) is 0 Å².